The van der Waals surface area contributed by atoms with E-state index in [-0.39, 0.29) is 23.1 Å². The lowest BCUT2D eigenvalue weighted by atomic mass is 9.87. The number of halogens is 1. The molecule has 0 bridgehead atoms. The Morgan fingerprint density at radius 2 is 1.78 bits per heavy atom. The molecular weight excluding hydrogens is 463 g/mol. The predicted octanol–water partition coefficient (Wildman–Crippen LogP) is 5.68. The van der Waals surface area contributed by atoms with Crippen LogP contribution in [0, 0.1) is 18.7 Å². The van der Waals surface area contributed by atoms with Gasteiger partial charge in [0, 0.05) is 47.3 Å². The highest BCUT2D eigenvalue weighted by atomic mass is 19.1. The summed E-state index contributed by atoms with van der Waals surface area (Å²) < 4.78 is 15.3. The van der Waals surface area contributed by atoms with Crippen LogP contribution in [-0.2, 0) is 5.41 Å². The molecule has 1 saturated heterocycles. The van der Waals surface area contributed by atoms with Crippen LogP contribution in [-0.4, -0.2) is 38.7 Å². The number of carbonyl (C=O) groups excluding carboxylic acids is 1. The largest absolute Gasteiger partial charge is 0.337 e. The zero-order valence-electron chi connectivity index (χ0n) is 20.4. The summed E-state index contributed by atoms with van der Waals surface area (Å²) in [7, 11) is 0. The van der Waals surface area contributed by atoms with Crippen molar-refractivity contribution in [3.05, 3.63) is 126 Å². The zero-order valence-corrected chi connectivity index (χ0v) is 20.4. The van der Waals surface area contributed by atoms with Crippen LogP contribution in [0.2, 0.25) is 0 Å². The van der Waals surface area contributed by atoms with Gasteiger partial charge in [-0.15, -0.1) is 0 Å². The zero-order chi connectivity index (χ0) is 25.1. The minimum Gasteiger partial charge on any atom is -0.337 e. The van der Waals surface area contributed by atoms with E-state index in [1.54, 1.807) is 12.1 Å². The molecule has 182 valence electrons. The highest BCUT2D eigenvalue weighted by Gasteiger charge is 2.71. The van der Waals surface area contributed by atoms with E-state index in [4.69, 9.17) is 4.98 Å². The van der Waals surface area contributed by atoms with Crippen molar-refractivity contribution < 1.29 is 9.18 Å². The molecule has 2 aromatic heterocycles. The number of fused-ring (bicyclic) bond motifs is 2. The first-order valence-corrected chi connectivity index (χ1v) is 12.6. The number of aromatic nitrogens is 3. The number of piperidine rings is 1. The SMILES string of the molecule is Cc1cc2c(cnn2-c2ccc(F)cc2)cc1C12CN(C(=O)c3ccccc3)CC1C2c1ccccn1. The molecule has 6 heteroatoms. The van der Waals surface area contributed by atoms with Crippen molar-refractivity contribution in [3.63, 3.8) is 0 Å². The standard InChI is InChI=1S/C31H25FN4O/c1-20-15-28-22(17-34-36(28)24-12-10-23(32)11-13-24)16-25(20)31-19-35(30(37)21-7-3-2-4-8-21)18-26(31)29(31)27-9-5-6-14-33-27/h2-17,26,29H,18-19H2,1H3. The van der Waals surface area contributed by atoms with E-state index in [0.717, 1.165) is 33.4 Å². The summed E-state index contributed by atoms with van der Waals surface area (Å²) in [5.41, 5.74) is 5.83. The molecule has 1 aliphatic carbocycles. The summed E-state index contributed by atoms with van der Waals surface area (Å²) in [6.07, 6.45) is 3.72. The van der Waals surface area contributed by atoms with Gasteiger partial charge in [0.2, 0.25) is 0 Å². The Morgan fingerprint density at radius 3 is 2.54 bits per heavy atom. The van der Waals surface area contributed by atoms with Crippen molar-refractivity contribution in [1.29, 1.82) is 0 Å². The van der Waals surface area contributed by atoms with Crippen LogP contribution in [0.1, 0.15) is 33.1 Å². The van der Waals surface area contributed by atoms with E-state index < -0.39 is 0 Å². The van der Waals surface area contributed by atoms with E-state index in [1.165, 1.54) is 17.7 Å². The van der Waals surface area contributed by atoms with Gasteiger partial charge in [-0.05, 0) is 84.6 Å². The second-order valence-corrected chi connectivity index (χ2v) is 10.2. The van der Waals surface area contributed by atoms with Gasteiger partial charge < -0.3 is 4.90 Å². The number of carbonyl (C=O) groups is 1. The fraction of sp³-hybridized carbons (Fsp3) is 0.194. The van der Waals surface area contributed by atoms with Crippen LogP contribution in [0.4, 0.5) is 4.39 Å². The summed E-state index contributed by atoms with van der Waals surface area (Å²) in [4.78, 5) is 20.1. The first-order chi connectivity index (χ1) is 18.1. The van der Waals surface area contributed by atoms with E-state index in [1.807, 2.05) is 64.4 Å². The Morgan fingerprint density at radius 1 is 1.00 bits per heavy atom. The van der Waals surface area contributed by atoms with Crippen LogP contribution in [0.3, 0.4) is 0 Å². The van der Waals surface area contributed by atoms with E-state index in [9.17, 15) is 9.18 Å². The molecule has 2 aliphatic rings. The highest BCUT2D eigenvalue weighted by Crippen LogP contribution is 2.69. The second-order valence-electron chi connectivity index (χ2n) is 10.2. The maximum absolute atomic E-state index is 13.5. The molecule has 5 nitrogen and oxygen atoms in total. The number of rotatable bonds is 4. The molecule has 37 heavy (non-hydrogen) atoms. The van der Waals surface area contributed by atoms with Gasteiger partial charge >= 0.3 is 0 Å². The maximum Gasteiger partial charge on any atom is 0.253 e. The molecule has 2 fully saturated rings. The first kappa shape index (κ1) is 21.9. The Balaban J connectivity index is 1.31. The smallest absolute Gasteiger partial charge is 0.253 e. The molecular formula is C31H25FN4O. The summed E-state index contributed by atoms with van der Waals surface area (Å²) in [6, 6.07) is 26.4. The lowest BCUT2D eigenvalue weighted by Gasteiger charge is -2.25. The topological polar surface area (TPSA) is 51.0 Å². The van der Waals surface area contributed by atoms with Gasteiger partial charge in [0.25, 0.3) is 5.91 Å². The molecule has 5 aromatic rings. The quantitative estimate of drug-likeness (QED) is 0.327. The third-order valence-electron chi connectivity index (χ3n) is 8.18. The minimum absolute atomic E-state index is 0.0785. The molecule has 3 unspecified atom stereocenters. The van der Waals surface area contributed by atoms with Gasteiger partial charge in [-0.2, -0.15) is 5.10 Å². The Hall–Kier alpha value is -4.32. The third-order valence-corrected chi connectivity index (χ3v) is 8.18. The van der Waals surface area contributed by atoms with Gasteiger partial charge in [-0.1, -0.05) is 24.3 Å². The Bertz CT molecular complexity index is 1630. The van der Waals surface area contributed by atoms with E-state index >= 15 is 0 Å². The average molecular weight is 489 g/mol. The number of likely N-dealkylation sites (tertiary alicyclic amines) is 1. The maximum atomic E-state index is 13.5. The molecule has 3 heterocycles. The first-order valence-electron chi connectivity index (χ1n) is 12.6. The number of hydrogen-bond acceptors (Lipinski definition) is 3. The number of amides is 1. The predicted molar refractivity (Wildman–Crippen MR) is 140 cm³/mol. The number of aryl methyl sites for hydroxylation is 1. The molecule has 1 saturated carbocycles. The monoisotopic (exact) mass is 488 g/mol. The van der Waals surface area contributed by atoms with E-state index in [2.05, 4.69) is 30.2 Å². The van der Waals surface area contributed by atoms with Crippen molar-refractivity contribution >= 4 is 16.8 Å². The molecule has 3 aromatic carbocycles. The van der Waals surface area contributed by atoms with Crippen molar-refractivity contribution in [3.8, 4) is 5.69 Å². The minimum atomic E-state index is -0.269. The van der Waals surface area contributed by atoms with Crippen molar-refractivity contribution in [2.24, 2.45) is 5.92 Å². The van der Waals surface area contributed by atoms with Crippen molar-refractivity contribution in [2.45, 2.75) is 18.3 Å². The number of pyridine rings is 1. The molecule has 1 aliphatic heterocycles. The van der Waals surface area contributed by atoms with Crippen molar-refractivity contribution in [2.75, 3.05) is 13.1 Å². The summed E-state index contributed by atoms with van der Waals surface area (Å²) in [5.74, 6) is 0.374. The van der Waals surface area contributed by atoms with E-state index in [0.29, 0.717) is 19.0 Å². The van der Waals surface area contributed by atoms with Crippen LogP contribution >= 0.6 is 0 Å². The van der Waals surface area contributed by atoms with Gasteiger partial charge in [0.05, 0.1) is 17.4 Å². The number of nitrogens with zero attached hydrogens (tertiary/aromatic N) is 4. The second kappa shape index (κ2) is 8.10. The van der Waals surface area contributed by atoms with Crippen LogP contribution in [0.25, 0.3) is 16.6 Å². The lowest BCUT2D eigenvalue weighted by Crippen LogP contribution is -2.34. The average Bonchev–Trinajstić information content (AvgIpc) is 3.19. The Labute approximate surface area is 214 Å². The third kappa shape index (κ3) is 3.32. The molecule has 7 rings (SSSR count). The molecule has 1 amide bonds. The van der Waals surface area contributed by atoms with Gasteiger partial charge in [0.15, 0.2) is 0 Å². The lowest BCUT2D eigenvalue weighted by molar-refractivity contribution is 0.0769. The fourth-order valence-electron chi connectivity index (χ4n) is 6.49. The van der Waals surface area contributed by atoms with Gasteiger partial charge in [-0.25, -0.2) is 9.07 Å². The molecule has 0 spiro atoms. The molecule has 0 N–H and O–H groups in total. The molecule has 0 radical (unpaired) electrons. The summed E-state index contributed by atoms with van der Waals surface area (Å²) in [5, 5.41) is 5.64. The van der Waals surface area contributed by atoms with Crippen LogP contribution in [0.5, 0.6) is 0 Å². The van der Waals surface area contributed by atoms with Crippen LogP contribution < -0.4 is 0 Å². The van der Waals surface area contributed by atoms with Crippen molar-refractivity contribution in [1.82, 2.24) is 19.7 Å². The van der Waals surface area contributed by atoms with Gasteiger partial charge in [0.1, 0.15) is 5.82 Å². The normalized spacial score (nSPS) is 22.3. The van der Waals surface area contributed by atoms with Crippen LogP contribution in [0.15, 0.2) is 97.3 Å². The van der Waals surface area contributed by atoms with Gasteiger partial charge in [-0.3, -0.25) is 9.78 Å². The highest BCUT2D eigenvalue weighted by molar-refractivity contribution is 5.95. The summed E-state index contributed by atoms with van der Waals surface area (Å²) in [6.45, 7) is 3.50. The summed E-state index contributed by atoms with van der Waals surface area (Å²) >= 11 is 0. The number of benzene rings is 3. The molecule has 3 atom stereocenters. The fourth-order valence-corrected chi connectivity index (χ4v) is 6.49. The Kier molecular flexibility index (Phi) is 4.80. The number of hydrogen-bond donors (Lipinski definition) is 0.